The van der Waals surface area contributed by atoms with Gasteiger partial charge in [-0.25, -0.2) is 13.1 Å². The molecule has 0 aromatic heterocycles. The van der Waals surface area contributed by atoms with Crippen LogP contribution in [0.3, 0.4) is 0 Å². The van der Waals surface area contributed by atoms with Gasteiger partial charge >= 0.3 is 0 Å². The lowest BCUT2D eigenvalue weighted by Crippen LogP contribution is -2.37. The highest BCUT2D eigenvalue weighted by atomic mass is 32.2. The number of nitrogens with two attached hydrogens (primary N) is 1. The molecule has 4 N–H and O–H groups in total. The Morgan fingerprint density at radius 1 is 1.30 bits per heavy atom. The van der Waals surface area contributed by atoms with E-state index in [-0.39, 0.29) is 23.4 Å². The third-order valence-electron chi connectivity index (χ3n) is 2.68. The monoisotopic (exact) mass is 299 g/mol. The number of hydrogen-bond acceptors (Lipinski definition) is 4. The van der Waals surface area contributed by atoms with Crippen molar-refractivity contribution in [1.82, 2.24) is 4.72 Å². The number of benzene rings is 1. The molecule has 0 bridgehead atoms. The zero-order valence-electron chi connectivity index (χ0n) is 11.7. The average Bonchev–Trinajstić information content (AvgIpc) is 2.37. The van der Waals surface area contributed by atoms with Gasteiger partial charge in [-0.1, -0.05) is 13.3 Å². The summed E-state index contributed by atoms with van der Waals surface area (Å²) in [6.45, 7) is 3.60. The summed E-state index contributed by atoms with van der Waals surface area (Å²) in [5.41, 5.74) is 6.33. The van der Waals surface area contributed by atoms with Crippen molar-refractivity contribution in [3.63, 3.8) is 0 Å². The van der Waals surface area contributed by atoms with Crippen LogP contribution >= 0.6 is 0 Å². The first-order chi connectivity index (χ1) is 9.35. The second-order valence-electron chi connectivity index (χ2n) is 4.61. The van der Waals surface area contributed by atoms with Gasteiger partial charge in [0.2, 0.25) is 15.9 Å². The number of carbonyl (C=O) groups excluding carboxylic acids is 1. The van der Waals surface area contributed by atoms with Gasteiger partial charge in [0.25, 0.3) is 0 Å². The van der Waals surface area contributed by atoms with Crippen molar-refractivity contribution in [3.8, 4) is 0 Å². The summed E-state index contributed by atoms with van der Waals surface area (Å²) in [4.78, 5) is 11.0. The van der Waals surface area contributed by atoms with Crippen molar-refractivity contribution in [2.75, 3.05) is 11.9 Å². The highest BCUT2D eigenvalue weighted by molar-refractivity contribution is 7.89. The molecule has 112 valence electrons. The van der Waals surface area contributed by atoms with Gasteiger partial charge in [0.05, 0.1) is 4.90 Å². The number of nitrogens with one attached hydrogen (secondary N) is 2. The summed E-state index contributed by atoms with van der Waals surface area (Å²) < 4.78 is 26.5. The highest BCUT2D eigenvalue weighted by Crippen LogP contribution is 2.13. The predicted octanol–water partition coefficient (Wildman–Crippen LogP) is 1.05. The predicted molar refractivity (Wildman–Crippen MR) is 78.8 cm³/mol. The van der Waals surface area contributed by atoms with Gasteiger partial charge < -0.3 is 11.1 Å². The van der Waals surface area contributed by atoms with E-state index in [2.05, 4.69) is 10.0 Å². The van der Waals surface area contributed by atoms with Crippen LogP contribution in [0.2, 0.25) is 0 Å². The molecular formula is C13H21N3O3S. The number of hydrogen-bond donors (Lipinski definition) is 3. The van der Waals surface area contributed by atoms with Crippen LogP contribution in [0.4, 0.5) is 5.69 Å². The van der Waals surface area contributed by atoms with Gasteiger partial charge in [0.1, 0.15) is 0 Å². The lowest BCUT2D eigenvalue weighted by atomic mass is 10.2. The lowest BCUT2D eigenvalue weighted by molar-refractivity contribution is -0.114. The Kier molecular flexibility index (Phi) is 6.12. The molecule has 0 radical (unpaired) electrons. The van der Waals surface area contributed by atoms with E-state index in [0.717, 1.165) is 12.8 Å². The van der Waals surface area contributed by atoms with Crippen LogP contribution in [-0.2, 0) is 14.8 Å². The van der Waals surface area contributed by atoms with Crippen LogP contribution in [0.5, 0.6) is 0 Å². The third kappa shape index (κ3) is 5.28. The fourth-order valence-electron chi connectivity index (χ4n) is 1.69. The fraction of sp³-hybridized carbons (Fsp3) is 0.462. The molecule has 7 heteroatoms. The SMILES string of the molecule is CCCC(N)CNS(=O)(=O)c1ccc(NC(C)=O)cc1. The van der Waals surface area contributed by atoms with Crippen LogP contribution in [0.1, 0.15) is 26.7 Å². The largest absolute Gasteiger partial charge is 0.327 e. The molecule has 0 saturated heterocycles. The summed E-state index contributed by atoms with van der Waals surface area (Å²) in [6.07, 6.45) is 1.68. The Labute approximate surface area is 119 Å². The van der Waals surface area contributed by atoms with E-state index in [1.807, 2.05) is 6.92 Å². The van der Waals surface area contributed by atoms with E-state index >= 15 is 0 Å². The minimum absolute atomic E-state index is 0.148. The molecule has 0 aliphatic rings. The van der Waals surface area contributed by atoms with Crippen molar-refractivity contribution in [1.29, 1.82) is 0 Å². The summed E-state index contributed by atoms with van der Waals surface area (Å²) in [7, 11) is -3.56. The number of amides is 1. The molecule has 0 saturated carbocycles. The van der Waals surface area contributed by atoms with Gasteiger partial charge in [0.15, 0.2) is 0 Å². The van der Waals surface area contributed by atoms with Gasteiger partial charge in [-0.05, 0) is 30.7 Å². The molecule has 1 amide bonds. The minimum atomic E-state index is -3.56. The van der Waals surface area contributed by atoms with Crippen molar-refractivity contribution in [2.45, 2.75) is 37.6 Å². The average molecular weight is 299 g/mol. The molecule has 0 fully saturated rings. The van der Waals surface area contributed by atoms with Gasteiger partial charge in [-0.3, -0.25) is 4.79 Å². The standard InChI is InChI=1S/C13H21N3O3S/c1-3-4-11(14)9-15-20(18,19)13-7-5-12(6-8-13)16-10(2)17/h5-8,11,15H,3-4,9,14H2,1-2H3,(H,16,17). The van der Waals surface area contributed by atoms with Crippen molar-refractivity contribution >= 4 is 21.6 Å². The van der Waals surface area contributed by atoms with Crippen LogP contribution in [0.15, 0.2) is 29.2 Å². The topological polar surface area (TPSA) is 101 Å². The van der Waals surface area contributed by atoms with E-state index in [9.17, 15) is 13.2 Å². The van der Waals surface area contributed by atoms with Gasteiger partial charge in [-0.2, -0.15) is 0 Å². The van der Waals surface area contributed by atoms with E-state index in [0.29, 0.717) is 5.69 Å². The first-order valence-corrected chi connectivity index (χ1v) is 7.96. The van der Waals surface area contributed by atoms with E-state index < -0.39 is 10.0 Å². The molecule has 0 aliphatic carbocycles. The van der Waals surface area contributed by atoms with Gasteiger partial charge in [-0.15, -0.1) is 0 Å². The summed E-state index contributed by atoms with van der Waals surface area (Å²) in [5.74, 6) is -0.204. The Bertz CT molecular complexity index is 540. The molecule has 0 spiro atoms. The van der Waals surface area contributed by atoms with Crippen LogP contribution in [-0.4, -0.2) is 26.9 Å². The highest BCUT2D eigenvalue weighted by Gasteiger charge is 2.15. The minimum Gasteiger partial charge on any atom is -0.327 e. The smallest absolute Gasteiger partial charge is 0.240 e. The zero-order chi connectivity index (χ0) is 15.2. The van der Waals surface area contributed by atoms with E-state index in [1.54, 1.807) is 12.1 Å². The second-order valence-corrected chi connectivity index (χ2v) is 6.37. The first kappa shape index (κ1) is 16.6. The van der Waals surface area contributed by atoms with Crippen molar-refractivity contribution < 1.29 is 13.2 Å². The molecule has 1 atom stereocenters. The van der Waals surface area contributed by atoms with E-state index in [4.69, 9.17) is 5.73 Å². The molecule has 6 nitrogen and oxygen atoms in total. The van der Waals surface area contributed by atoms with Crippen LogP contribution < -0.4 is 15.8 Å². The van der Waals surface area contributed by atoms with Crippen LogP contribution in [0, 0.1) is 0 Å². The summed E-state index contributed by atoms with van der Waals surface area (Å²) >= 11 is 0. The van der Waals surface area contributed by atoms with E-state index in [1.165, 1.54) is 19.1 Å². The zero-order valence-corrected chi connectivity index (χ0v) is 12.5. The Balaban J connectivity index is 2.70. The Morgan fingerprint density at radius 2 is 1.90 bits per heavy atom. The molecule has 1 aromatic carbocycles. The number of carbonyl (C=O) groups is 1. The van der Waals surface area contributed by atoms with Crippen molar-refractivity contribution in [2.24, 2.45) is 5.73 Å². The van der Waals surface area contributed by atoms with Crippen LogP contribution in [0.25, 0.3) is 0 Å². The first-order valence-electron chi connectivity index (χ1n) is 6.48. The Hall–Kier alpha value is -1.44. The maximum Gasteiger partial charge on any atom is 0.240 e. The molecule has 1 aromatic rings. The summed E-state index contributed by atoms with van der Waals surface area (Å²) in [6, 6.07) is 5.79. The second kappa shape index (κ2) is 7.37. The number of rotatable bonds is 7. The number of anilines is 1. The summed E-state index contributed by atoms with van der Waals surface area (Å²) in [5, 5.41) is 2.58. The lowest BCUT2D eigenvalue weighted by Gasteiger charge is -2.12. The van der Waals surface area contributed by atoms with Crippen molar-refractivity contribution in [3.05, 3.63) is 24.3 Å². The fourth-order valence-corrected chi connectivity index (χ4v) is 2.79. The normalized spacial score (nSPS) is 12.9. The van der Waals surface area contributed by atoms with Gasteiger partial charge in [0, 0.05) is 25.2 Å². The molecular weight excluding hydrogens is 278 g/mol. The third-order valence-corrected chi connectivity index (χ3v) is 4.12. The number of sulfonamides is 1. The maximum absolute atomic E-state index is 12.0. The maximum atomic E-state index is 12.0. The molecule has 20 heavy (non-hydrogen) atoms. The molecule has 1 rings (SSSR count). The molecule has 0 aliphatic heterocycles. The Morgan fingerprint density at radius 3 is 2.40 bits per heavy atom. The molecule has 0 heterocycles. The quantitative estimate of drug-likeness (QED) is 0.700. The molecule has 1 unspecified atom stereocenters.